The molecule has 21 heavy (non-hydrogen) atoms. The highest BCUT2D eigenvalue weighted by Crippen LogP contribution is 2.24. The predicted octanol–water partition coefficient (Wildman–Crippen LogP) is 1.33. The molecule has 0 aliphatic carbocycles. The number of rotatable bonds is 5. The Morgan fingerprint density at radius 2 is 2.29 bits per heavy atom. The number of hydrogen-bond acceptors (Lipinski definition) is 4. The van der Waals surface area contributed by atoms with Crippen LogP contribution in [0.1, 0.15) is 5.56 Å². The maximum Gasteiger partial charge on any atom is 0.327 e. The number of H-pyrrole nitrogens is 1. The Morgan fingerprint density at radius 3 is 2.95 bits per heavy atom. The van der Waals surface area contributed by atoms with Crippen molar-refractivity contribution in [3.63, 3.8) is 0 Å². The van der Waals surface area contributed by atoms with E-state index in [2.05, 4.69) is 27.2 Å². The number of nitrogens with one attached hydrogen (secondary N) is 2. The van der Waals surface area contributed by atoms with Gasteiger partial charge in [0.2, 0.25) is 0 Å². The summed E-state index contributed by atoms with van der Waals surface area (Å²) in [6, 6.07) is 7.26. The summed E-state index contributed by atoms with van der Waals surface area (Å²) in [7, 11) is 3.01. The quantitative estimate of drug-likeness (QED) is 0.571. The molecule has 0 spiro atoms. The Bertz CT molecular complexity index is 696. The number of carbonyl (C=O) groups is 1. The van der Waals surface area contributed by atoms with Gasteiger partial charge >= 0.3 is 5.97 Å². The molecule has 0 amide bonds. The van der Waals surface area contributed by atoms with Gasteiger partial charge in [0.1, 0.15) is 17.9 Å². The van der Waals surface area contributed by atoms with Crippen LogP contribution in [0.4, 0.5) is 0 Å². The zero-order valence-corrected chi connectivity index (χ0v) is 11.8. The van der Waals surface area contributed by atoms with Crippen LogP contribution in [0.3, 0.4) is 0 Å². The molecule has 0 aliphatic heterocycles. The van der Waals surface area contributed by atoms with Gasteiger partial charge in [-0.25, -0.2) is 4.79 Å². The van der Waals surface area contributed by atoms with Crippen molar-refractivity contribution in [2.45, 2.75) is 12.5 Å². The minimum absolute atomic E-state index is 0.293. The van der Waals surface area contributed by atoms with Crippen LogP contribution in [0, 0.1) is 12.2 Å². The van der Waals surface area contributed by atoms with Crippen molar-refractivity contribution in [3.05, 3.63) is 30.0 Å². The summed E-state index contributed by atoms with van der Waals surface area (Å²) in [6.45, 7) is 0. The Morgan fingerprint density at radius 1 is 1.48 bits per heavy atom. The second-order valence-corrected chi connectivity index (χ2v) is 4.40. The number of aromatic amines is 1. The van der Waals surface area contributed by atoms with Crippen molar-refractivity contribution in [2.24, 2.45) is 0 Å². The predicted molar refractivity (Wildman–Crippen MR) is 77.9 cm³/mol. The summed E-state index contributed by atoms with van der Waals surface area (Å²) in [5, 5.41) is 12.8. The van der Waals surface area contributed by atoms with E-state index in [1.54, 1.807) is 13.3 Å². The normalized spacial score (nSPS) is 11.3. The zero-order chi connectivity index (χ0) is 15.2. The molecule has 1 atom stereocenters. The third-order valence-electron chi connectivity index (χ3n) is 3.10. The van der Waals surface area contributed by atoms with Gasteiger partial charge in [-0.15, -0.1) is 0 Å². The molecule has 110 valence electrons. The van der Waals surface area contributed by atoms with Gasteiger partial charge in [0.15, 0.2) is 0 Å². The molecule has 0 saturated carbocycles. The fourth-order valence-electron chi connectivity index (χ4n) is 2.04. The average molecular weight is 288 g/mol. The molecule has 3 N–H and O–H groups in total. The van der Waals surface area contributed by atoms with Crippen LogP contribution in [0.25, 0.3) is 10.9 Å². The monoisotopic (exact) mass is 288 g/mol. The van der Waals surface area contributed by atoms with Gasteiger partial charge in [-0.05, 0) is 23.8 Å². The Hall–Kier alpha value is -2.81. The standard InChI is InChI=1S/C15H16N2O4/c1-20-6-5-16-14(15(18)19)7-10-9-17-13-4-3-11(21-2)8-12(10)13/h3-4,8-9,14,16-17H,7H2,1-2H3,(H,18,19)/t14-/m0/s1. The molecular formula is C15H16N2O4. The molecule has 0 radical (unpaired) electrons. The number of carboxylic acids is 1. The van der Waals surface area contributed by atoms with E-state index in [1.165, 1.54) is 7.11 Å². The van der Waals surface area contributed by atoms with E-state index < -0.39 is 12.0 Å². The largest absolute Gasteiger partial charge is 0.497 e. The zero-order valence-electron chi connectivity index (χ0n) is 11.8. The lowest BCUT2D eigenvalue weighted by molar-refractivity contribution is -0.139. The van der Waals surface area contributed by atoms with E-state index in [9.17, 15) is 9.90 Å². The van der Waals surface area contributed by atoms with Gasteiger partial charge in [-0.1, -0.05) is 0 Å². The van der Waals surface area contributed by atoms with Crippen molar-refractivity contribution in [2.75, 3.05) is 14.2 Å². The van der Waals surface area contributed by atoms with Crippen LogP contribution in [0.15, 0.2) is 24.4 Å². The molecule has 0 aliphatic rings. The van der Waals surface area contributed by atoms with Crippen molar-refractivity contribution in [1.82, 2.24) is 10.3 Å². The lowest BCUT2D eigenvalue weighted by atomic mass is 10.0. The van der Waals surface area contributed by atoms with Crippen LogP contribution in [0.5, 0.6) is 5.75 Å². The Balaban J connectivity index is 2.25. The minimum atomic E-state index is -0.974. The summed E-state index contributed by atoms with van der Waals surface area (Å²) in [5.41, 5.74) is 1.81. The summed E-state index contributed by atoms with van der Waals surface area (Å²) in [6.07, 6.45) is 4.41. The van der Waals surface area contributed by atoms with Crippen LogP contribution < -0.4 is 10.1 Å². The molecule has 6 nitrogen and oxygen atoms in total. The Kier molecular flexibility index (Phi) is 4.57. The smallest absolute Gasteiger partial charge is 0.327 e. The maximum absolute atomic E-state index is 11.3. The van der Waals surface area contributed by atoms with Crippen LogP contribution in [-0.4, -0.2) is 36.3 Å². The second kappa shape index (κ2) is 6.57. The summed E-state index contributed by atoms with van der Waals surface area (Å²) in [5.74, 6) is -0.250. The van der Waals surface area contributed by atoms with Crippen molar-refractivity contribution >= 4 is 16.9 Å². The maximum atomic E-state index is 11.3. The second-order valence-electron chi connectivity index (χ2n) is 4.40. The van der Waals surface area contributed by atoms with Gasteiger partial charge < -0.3 is 24.9 Å². The number of benzene rings is 1. The summed E-state index contributed by atoms with van der Waals surface area (Å²) >= 11 is 0. The van der Waals surface area contributed by atoms with Gasteiger partial charge in [0.25, 0.3) is 0 Å². The molecule has 0 unspecified atom stereocenters. The van der Waals surface area contributed by atoms with E-state index in [-0.39, 0.29) is 0 Å². The number of ether oxygens (including phenoxy) is 2. The molecule has 6 heteroatoms. The van der Waals surface area contributed by atoms with E-state index >= 15 is 0 Å². The number of carboxylic acid groups (broad SMARTS) is 1. The lowest BCUT2D eigenvalue weighted by Crippen LogP contribution is -2.35. The van der Waals surface area contributed by atoms with E-state index in [0.717, 1.165) is 22.2 Å². The van der Waals surface area contributed by atoms with Gasteiger partial charge in [-0.3, -0.25) is 0 Å². The van der Waals surface area contributed by atoms with E-state index in [0.29, 0.717) is 6.42 Å². The van der Waals surface area contributed by atoms with Gasteiger partial charge in [-0.2, -0.15) is 0 Å². The van der Waals surface area contributed by atoms with Gasteiger partial charge in [0.05, 0.1) is 14.2 Å². The first-order valence-electron chi connectivity index (χ1n) is 6.31. The highest BCUT2D eigenvalue weighted by atomic mass is 16.5. The first-order valence-corrected chi connectivity index (χ1v) is 6.31. The average Bonchev–Trinajstić information content (AvgIpc) is 2.88. The third kappa shape index (κ3) is 3.39. The molecule has 2 rings (SSSR count). The van der Waals surface area contributed by atoms with Crippen LogP contribution in [0.2, 0.25) is 0 Å². The molecular weight excluding hydrogens is 272 g/mol. The minimum Gasteiger partial charge on any atom is -0.497 e. The molecule has 0 bridgehead atoms. The topological polar surface area (TPSA) is 83.6 Å². The molecule has 0 fully saturated rings. The number of methoxy groups -OCH3 is 2. The molecule has 1 aromatic heterocycles. The highest BCUT2D eigenvalue weighted by molar-refractivity contribution is 5.85. The highest BCUT2D eigenvalue weighted by Gasteiger charge is 2.18. The number of hydrogen-bond donors (Lipinski definition) is 3. The fourth-order valence-corrected chi connectivity index (χ4v) is 2.04. The lowest BCUT2D eigenvalue weighted by Gasteiger charge is -2.10. The molecule has 1 aromatic carbocycles. The SMILES string of the molecule is COC#CN[C@@H](Cc1c[nH]c2ccc(OC)cc12)C(=O)O. The molecule has 0 saturated heterocycles. The third-order valence-corrected chi connectivity index (χ3v) is 3.10. The fraction of sp³-hybridized carbons (Fsp3) is 0.267. The number of fused-ring (bicyclic) bond motifs is 1. The van der Waals surface area contributed by atoms with Gasteiger partial charge in [0, 0.05) is 29.6 Å². The van der Waals surface area contributed by atoms with E-state index in [4.69, 9.17) is 4.74 Å². The summed E-state index contributed by atoms with van der Waals surface area (Å²) < 4.78 is 9.76. The Labute approximate surface area is 122 Å². The van der Waals surface area contributed by atoms with Crippen LogP contribution >= 0.6 is 0 Å². The van der Waals surface area contributed by atoms with E-state index in [1.807, 2.05) is 18.2 Å². The van der Waals surface area contributed by atoms with Crippen molar-refractivity contribution < 1.29 is 19.4 Å². The van der Waals surface area contributed by atoms with Crippen LogP contribution in [-0.2, 0) is 16.0 Å². The summed E-state index contributed by atoms with van der Waals surface area (Å²) in [4.78, 5) is 14.4. The molecule has 1 heterocycles. The molecule has 2 aromatic rings. The number of aromatic nitrogens is 1. The number of aliphatic carboxylic acids is 1. The first kappa shape index (κ1) is 14.6. The first-order chi connectivity index (χ1) is 10.2. The van der Waals surface area contributed by atoms with Crippen molar-refractivity contribution in [1.29, 1.82) is 0 Å². The van der Waals surface area contributed by atoms with Crippen molar-refractivity contribution in [3.8, 4) is 17.9 Å².